The van der Waals surface area contributed by atoms with Crippen molar-refractivity contribution in [3.05, 3.63) is 0 Å². The first-order valence-corrected chi connectivity index (χ1v) is 5.68. The quantitative estimate of drug-likeness (QED) is 0.730. The molecule has 0 radical (unpaired) electrons. The minimum atomic E-state index is -0.473. The van der Waals surface area contributed by atoms with Crippen molar-refractivity contribution >= 4 is 6.09 Å². The van der Waals surface area contributed by atoms with Crippen LogP contribution in [0.1, 0.15) is 27.2 Å². The van der Waals surface area contributed by atoms with E-state index in [0.717, 1.165) is 6.42 Å². The van der Waals surface area contributed by atoms with Crippen molar-refractivity contribution in [2.45, 2.75) is 51.0 Å². The van der Waals surface area contributed by atoms with E-state index < -0.39 is 11.7 Å². The summed E-state index contributed by atoms with van der Waals surface area (Å²) in [5, 5.41) is 2.80. The molecule has 2 aliphatic rings. The summed E-state index contributed by atoms with van der Waals surface area (Å²) < 4.78 is 16.2. The van der Waals surface area contributed by atoms with Crippen molar-refractivity contribution in [1.82, 2.24) is 5.32 Å². The summed E-state index contributed by atoms with van der Waals surface area (Å²) in [6.07, 6.45) is 0.640. The second-order valence-corrected chi connectivity index (χ2v) is 5.25. The van der Waals surface area contributed by atoms with E-state index in [2.05, 4.69) is 5.32 Å². The normalized spacial score (nSPS) is 33.6. The van der Waals surface area contributed by atoms with E-state index in [1.165, 1.54) is 0 Å². The Bertz CT molecular complexity index is 274. The molecule has 3 unspecified atom stereocenters. The van der Waals surface area contributed by atoms with Gasteiger partial charge in [-0.1, -0.05) is 0 Å². The van der Waals surface area contributed by atoms with Crippen LogP contribution in [0.5, 0.6) is 0 Å². The second kappa shape index (κ2) is 4.22. The molecule has 2 fully saturated rings. The smallest absolute Gasteiger partial charge is 0.408 e. The van der Waals surface area contributed by atoms with Crippen LogP contribution in [-0.4, -0.2) is 43.2 Å². The maximum atomic E-state index is 11.6. The maximum Gasteiger partial charge on any atom is 0.408 e. The van der Waals surface area contributed by atoms with E-state index in [1.807, 2.05) is 20.8 Å². The Balaban J connectivity index is 1.83. The van der Waals surface area contributed by atoms with Crippen LogP contribution in [0.25, 0.3) is 0 Å². The summed E-state index contributed by atoms with van der Waals surface area (Å²) in [6, 6.07) is -0.0812. The molecular weight excluding hydrogens is 210 g/mol. The molecule has 3 atom stereocenters. The van der Waals surface area contributed by atoms with Gasteiger partial charge in [-0.05, 0) is 27.2 Å². The Hall–Kier alpha value is -0.810. The number of ether oxygens (including phenoxy) is 3. The topological polar surface area (TPSA) is 56.8 Å². The van der Waals surface area contributed by atoms with Crippen LogP contribution in [0, 0.1) is 0 Å². The van der Waals surface area contributed by atoms with E-state index in [0.29, 0.717) is 13.2 Å². The Morgan fingerprint density at radius 2 is 2.12 bits per heavy atom. The third kappa shape index (κ3) is 2.65. The van der Waals surface area contributed by atoms with E-state index in [-0.39, 0.29) is 18.2 Å². The molecule has 5 nitrogen and oxygen atoms in total. The number of amides is 1. The Kier molecular flexibility index (Phi) is 3.08. The summed E-state index contributed by atoms with van der Waals surface area (Å²) in [5.74, 6) is 0. The van der Waals surface area contributed by atoms with Crippen LogP contribution in [-0.2, 0) is 14.2 Å². The Morgan fingerprint density at radius 3 is 2.81 bits per heavy atom. The maximum absolute atomic E-state index is 11.6. The first-order chi connectivity index (χ1) is 7.46. The SMILES string of the molecule is CC(C)(C)OC(=O)NC1COC2CCOC12. The average Bonchev–Trinajstić information content (AvgIpc) is 2.66. The number of fused-ring (bicyclic) bond motifs is 1. The zero-order valence-electron chi connectivity index (χ0n) is 9.99. The largest absolute Gasteiger partial charge is 0.444 e. The molecule has 1 amide bonds. The highest BCUT2D eigenvalue weighted by Crippen LogP contribution is 2.26. The van der Waals surface area contributed by atoms with Crippen molar-refractivity contribution in [2.75, 3.05) is 13.2 Å². The number of carbonyl (C=O) groups excluding carboxylic acids is 1. The van der Waals surface area contributed by atoms with Crippen LogP contribution >= 0.6 is 0 Å². The molecule has 2 saturated heterocycles. The van der Waals surface area contributed by atoms with Crippen LogP contribution in [0.3, 0.4) is 0 Å². The number of carbonyl (C=O) groups is 1. The number of rotatable bonds is 1. The first kappa shape index (κ1) is 11.7. The average molecular weight is 229 g/mol. The van der Waals surface area contributed by atoms with Gasteiger partial charge in [0.25, 0.3) is 0 Å². The summed E-state index contributed by atoms with van der Waals surface area (Å²) in [7, 11) is 0. The second-order valence-electron chi connectivity index (χ2n) is 5.25. The van der Waals surface area contributed by atoms with Crippen molar-refractivity contribution in [2.24, 2.45) is 0 Å². The van der Waals surface area contributed by atoms with Crippen LogP contribution in [0.4, 0.5) is 4.79 Å². The lowest BCUT2D eigenvalue weighted by molar-refractivity contribution is 0.0406. The molecule has 2 rings (SSSR count). The molecule has 0 saturated carbocycles. The molecule has 0 aromatic rings. The van der Waals surface area contributed by atoms with Crippen LogP contribution in [0.15, 0.2) is 0 Å². The minimum Gasteiger partial charge on any atom is -0.444 e. The standard InChI is InChI=1S/C11H19NO4/c1-11(2,3)16-10(13)12-7-6-15-8-4-5-14-9(7)8/h7-9H,4-6H2,1-3H3,(H,12,13). The van der Waals surface area contributed by atoms with Crippen LogP contribution in [0.2, 0.25) is 0 Å². The third-order valence-corrected chi connectivity index (χ3v) is 2.67. The zero-order valence-corrected chi connectivity index (χ0v) is 9.99. The lowest BCUT2D eigenvalue weighted by Gasteiger charge is -2.23. The van der Waals surface area contributed by atoms with Gasteiger partial charge in [-0.25, -0.2) is 4.79 Å². The minimum absolute atomic E-state index is 0.00693. The van der Waals surface area contributed by atoms with Crippen molar-refractivity contribution in [3.8, 4) is 0 Å². The Labute approximate surface area is 95.4 Å². The Morgan fingerprint density at radius 1 is 1.38 bits per heavy atom. The van der Waals surface area contributed by atoms with E-state index in [1.54, 1.807) is 0 Å². The van der Waals surface area contributed by atoms with Gasteiger partial charge in [0, 0.05) is 6.61 Å². The van der Waals surface area contributed by atoms with Gasteiger partial charge in [-0.2, -0.15) is 0 Å². The van der Waals surface area contributed by atoms with Gasteiger partial charge in [-0.3, -0.25) is 0 Å². The fourth-order valence-corrected chi connectivity index (χ4v) is 2.05. The van der Waals surface area contributed by atoms with Gasteiger partial charge in [0.2, 0.25) is 0 Å². The molecule has 16 heavy (non-hydrogen) atoms. The summed E-state index contributed by atoms with van der Waals surface area (Å²) in [6.45, 7) is 6.74. The van der Waals surface area contributed by atoms with Crippen molar-refractivity contribution in [1.29, 1.82) is 0 Å². The van der Waals surface area contributed by atoms with Crippen LogP contribution < -0.4 is 5.32 Å². The number of hydrogen-bond acceptors (Lipinski definition) is 4. The van der Waals surface area contributed by atoms with Gasteiger partial charge in [0.1, 0.15) is 11.7 Å². The summed E-state index contributed by atoms with van der Waals surface area (Å²) in [4.78, 5) is 11.6. The van der Waals surface area contributed by atoms with Crippen molar-refractivity contribution < 1.29 is 19.0 Å². The summed E-state index contributed by atoms with van der Waals surface area (Å²) in [5.41, 5.74) is -0.473. The highest BCUT2D eigenvalue weighted by molar-refractivity contribution is 5.68. The predicted octanol–water partition coefficient (Wildman–Crippen LogP) is 1.07. The molecule has 0 bridgehead atoms. The molecule has 5 heteroatoms. The van der Waals surface area contributed by atoms with E-state index >= 15 is 0 Å². The molecule has 2 aliphatic heterocycles. The van der Waals surface area contributed by atoms with Gasteiger partial charge >= 0.3 is 6.09 Å². The highest BCUT2D eigenvalue weighted by atomic mass is 16.6. The molecule has 0 spiro atoms. The molecule has 92 valence electrons. The van der Waals surface area contributed by atoms with Gasteiger partial charge in [0.05, 0.1) is 18.8 Å². The number of nitrogens with one attached hydrogen (secondary N) is 1. The molecule has 0 aromatic heterocycles. The third-order valence-electron chi connectivity index (χ3n) is 2.67. The first-order valence-electron chi connectivity index (χ1n) is 5.68. The molecule has 1 N–H and O–H groups in total. The van der Waals surface area contributed by atoms with Crippen molar-refractivity contribution in [3.63, 3.8) is 0 Å². The van der Waals surface area contributed by atoms with E-state index in [4.69, 9.17) is 14.2 Å². The fraction of sp³-hybridized carbons (Fsp3) is 0.909. The van der Waals surface area contributed by atoms with E-state index in [9.17, 15) is 4.79 Å². The molecule has 0 aromatic carbocycles. The lowest BCUT2D eigenvalue weighted by atomic mass is 10.1. The predicted molar refractivity (Wildman–Crippen MR) is 57.3 cm³/mol. The van der Waals surface area contributed by atoms with Gasteiger partial charge in [-0.15, -0.1) is 0 Å². The molecule has 0 aliphatic carbocycles. The lowest BCUT2D eigenvalue weighted by Crippen LogP contribution is -2.45. The highest BCUT2D eigenvalue weighted by Gasteiger charge is 2.42. The van der Waals surface area contributed by atoms with Gasteiger partial charge in [0.15, 0.2) is 0 Å². The zero-order chi connectivity index (χ0) is 11.8. The molecular formula is C11H19NO4. The summed E-state index contributed by atoms with van der Waals surface area (Å²) >= 11 is 0. The van der Waals surface area contributed by atoms with Gasteiger partial charge < -0.3 is 19.5 Å². The monoisotopic (exact) mass is 229 g/mol. The molecule has 2 heterocycles. The number of alkyl carbamates (subject to hydrolysis) is 1. The fourth-order valence-electron chi connectivity index (χ4n) is 2.05. The number of hydrogen-bond donors (Lipinski definition) is 1.